The predicted octanol–water partition coefficient (Wildman–Crippen LogP) is 8.50. The van der Waals surface area contributed by atoms with Crippen molar-refractivity contribution >= 4 is 29.2 Å². The van der Waals surface area contributed by atoms with Crippen molar-refractivity contribution in [2.24, 2.45) is 0 Å². The van der Waals surface area contributed by atoms with Gasteiger partial charge in [0.15, 0.2) is 0 Å². The van der Waals surface area contributed by atoms with E-state index in [1.54, 1.807) is 16.2 Å². The Kier molecular flexibility index (Phi) is 12.8. The number of carbonyl (C=O) groups excluding carboxylic acids is 2. The summed E-state index contributed by atoms with van der Waals surface area (Å²) in [6.45, 7) is 5.79. The molecule has 3 aromatic carbocycles. The highest BCUT2D eigenvalue weighted by molar-refractivity contribution is 7.09. The van der Waals surface area contributed by atoms with Gasteiger partial charge >= 0.3 is 6.18 Å². The number of alkyl halides is 3. The molecule has 4 aromatic rings. The van der Waals surface area contributed by atoms with Crippen LogP contribution in [0.25, 0.3) is 6.08 Å². The Bertz CT molecular complexity index is 1630. The number of aryl methyl sites for hydroxylation is 1. The first-order valence-electron chi connectivity index (χ1n) is 17.0. The van der Waals surface area contributed by atoms with Crippen molar-refractivity contribution in [1.29, 1.82) is 0 Å². The van der Waals surface area contributed by atoms with Gasteiger partial charge in [-0.3, -0.25) is 14.5 Å². The first kappa shape index (κ1) is 36.1. The van der Waals surface area contributed by atoms with E-state index in [0.717, 1.165) is 61.5 Å². The molecule has 0 spiro atoms. The number of amides is 2. The lowest BCUT2D eigenvalue weighted by molar-refractivity contribution is -0.145. The molecule has 258 valence electrons. The van der Waals surface area contributed by atoms with Crippen molar-refractivity contribution in [3.05, 3.63) is 135 Å². The molecule has 0 bridgehead atoms. The molecule has 5 nitrogen and oxygen atoms in total. The maximum Gasteiger partial charge on any atom is 0.416 e. The molecule has 1 atom stereocenters. The zero-order valence-corrected chi connectivity index (χ0v) is 28.8. The molecular formula is C40H44F3N3O2S. The summed E-state index contributed by atoms with van der Waals surface area (Å²) in [5.74, 6) is -0.468. The molecular weight excluding hydrogens is 644 g/mol. The van der Waals surface area contributed by atoms with Gasteiger partial charge in [0, 0.05) is 56.6 Å². The second-order valence-electron chi connectivity index (χ2n) is 12.6. The fraction of sp³-hybridized carbons (Fsp3) is 0.350. The van der Waals surface area contributed by atoms with E-state index in [-0.39, 0.29) is 18.4 Å². The fourth-order valence-electron chi connectivity index (χ4n) is 6.10. The van der Waals surface area contributed by atoms with E-state index in [4.69, 9.17) is 0 Å². The maximum atomic E-state index is 14.4. The molecule has 0 radical (unpaired) electrons. The van der Waals surface area contributed by atoms with Gasteiger partial charge in [-0.25, -0.2) is 0 Å². The van der Waals surface area contributed by atoms with E-state index >= 15 is 0 Å². The summed E-state index contributed by atoms with van der Waals surface area (Å²) in [5.41, 5.74) is 3.09. The van der Waals surface area contributed by atoms with Gasteiger partial charge in [0.2, 0.25) is 11.8 Å². The number of hydrogen-bond acceptors (Lipinski definition) is 4. The van der Waals surface area contributed by atoms with Gasteiger partial charge in [-0.15, -0.1) is 11.3 Å². The van der Waals surface area contributed by atoms with Crippen molar-refractivity contribution in [2.75, 3.05) is 26.2 Å². The zero-order valence-electron chi connectivity index (χ0n) is 27.9. The van der Waals surface area contributed by atoms with Crippen LogP contribution >= 0.6 is 11.3 Å². The number of benzene rings is 3. The highest BCUT2D eigenvalue weighted by Gasteiger charge is 2.34. The largest absolute Gasteiger partial charge is 0.416 e. The van der Waals surface area contributed by atoms with Gasteiger partial charge in [-0.2, -0.15) is 13.2 Å². The molecule has 49 heavy (non-hydrogen) atoms. The average molecular weight is 688 g/mol. The van der Waals surface area contributed by atoms with Gasteiger partial charge in [0.1, 0.15) is 6.04 Å². The van der Waals surface area contributed by atoms with Crippen molar-refractivity contribution in [3.63, 3.8) is 0 Å². The molecule has 2 amide bonds. The molecule has 5 rings (SSSR count). The van der Waals surface area contributed by atoms with Crippen LogP contribution in [0.1, 0.15) is 58.9 Å². The highest BCUT2D eigenvalue weighted by Crippen LogP contribution is 2.29. The van der Waals surface area contributed by atoms with Crippen LogP contribution in [-0.2, 0) is 41.7 Å². The van der Waals surface area contributed by atoms with Crippen LogP contribution in [0.4, 0.5) is 13.2 Å². The van der Waals surface area contributed by atoms with Crippen LogP contribution < -0.4 is 0 Å². The monoisotopic (exact) mass is 687 g/mol. The lowest BCUT2D eigenvalue weighted by Crippen LogP contribution is -2.56. The van der Waals surface area contributed by atoms with E-state index in [9.17, 15) is 22.8 Å². The maximum absolute atomic E-state index is 14.4. The summed E-state index contributed by atoms with van der Waals surface area (Å²) in [6, 6.07) is 26.4. The molecule has 0 saturated carbocycles. The molecule has 1 fully saturated rings. The normalized spacial score (nSPS) is 14.7. The Morgan fingerprint density at radius 3 is 2.16 bits per heavy atom. The summed E-state index contributed by atoms with van der Waals surface area (Å²) in [4.78, 5) is 35.3. The third-order valence-electron chi connectivity index (χ3n) is 8.95. The van der Waals surface area contributed by atoms with E-state index in [1.807, 2.05) is 52.7 Å². The topological polar surface area (TPSA) is 43.9 Å². The lowest BCUT2D eigenvalue weighted by Gasteiger charge is -2.39. The lowest BCUT2D eigenvalue weighted by atomic mass is 10.0. The van der Waals surface area contributed by atoms with Crippen LogP contribution in [0, 0.1) is 0 Å². The number of unbranched alkanes of at least 4 members (excludes halogenated alkanes) is 2. The van der Waals surface area contributed by atoms with Crippen LogP contribution in [0.3, 0.4) is 0 Å². The molecule has 1 saturated heterocycles. The van der Waals surface area contributed by atoms with E-state index < -0.39 is 17.8 Å². The van der Waals surface area contributed by atoms with Crippen LogP contribution in [0.15, 0.2) is 102 Å². The first-order valence-corrected chi connectivity index (χ1v) is 17.9. The zero-order chi connectivity index (χ0) is 34.6. The Morgan fingerprint density at radius 1 is 0.837 bits per heavy atom. The Balaban J connectivity index is 1.38. The summed E-state index contributed by atoms with van der Waals surface area (Å²) >= 11 is 1.55. The Labute approximate surface area is 291 Å². The van der Waals surface area contributed by atoms with Gasteiger partial charge < -0.3 is 9.80 Å². The van der Waals surface area contributed by atoms with Gasteiger partial charge in [0.05, 0.1) is 5.56 Å². The van der Waals surface area contributed by atoms with Crippen molar-refractivity contribution < 1.29 is 22.8 Å². The molecule has 0 N–H and O–H groups in total. The number of thiophene rings is 1. The van der Waals surface area contributed by atoms with E-state index in [0.29, 0.717) is 25.1 Å². The average Bonchev–Trinajstić information content (AvgIpc) is 3.63. The standard InChI is InChI=1S/C40H44F3N3O2S/c1-2-3-5-9-31-13-15-34(16-14-31)30-46(38(47)22-19-32-17-20-35(21-18-32)40(41,42)43)37(28-36-12-8-27-49-36)39(48)45-25-23-44(24-26-45)29-33-10-6-4-7-11-33/h4,6-8,10-22,27,37H,2-3,5,9,23-26,28-30H2,1H3/t37-/m0/s1. The molecule has 0 aliphatic carbocycles. The SMILES string of the molecule is CCCCCc1ccc(CN(C(=O)C=Cc2ccc(C(F)(F)F)cc2)[C@@H](Cc2cccs2)C(=O)N2CCN(Cc3ccccc3)CC2)cc1. The second-order valence-corrected chi connectivity index (χ2v) is 13.6. The number of halogens is 3. The minimum absolute atomic E-state index is 0.0970. The molecule has 1 aromatic heterocycles. The van der Waals surface area contributed by atoms with Crippen LogP contribution in [0.5, 0.6) is 0 Å². The number of rotatable bonds is 14. The first-order chi connectivity index (χ1) is 23.7. The van der Waals surface area contributed by atoms with Crippen LogP contribution in [0.2, 0.25) is 0 Å². The number of piperazine rings is 1. The highest BCUT2D eigenvalue weighted by atomic mass is 32.1. The van der Waals surface area contributed by atoms with Gasteiger partial charge in [0.25, 0.3) is 0 Å². The van der Waals surface area contributed by atoms with Crippen molar-refractivity contribution in [3.8, 4) is 0 Å². The molecule has 0 unspecified atom stereocenters. The number of hydrogen-bond donors (Lipinski definition) is 0. The summed E-state index contributed by atoms with van der Waals surface area (Å²) < 4.78 is 39.4. The third kappa shape index (κ3) is 10.6. The minimum atomic E-state index is -4.44. The number of carbonyl (C=O) groups is 2. The second kappa shape index (κ2) is 17.4. The van der Waals surface area contributed by atoms with Gasteiger partial charge in [-0.1, -0.05) is 92.6 Å². The Hall–Kier alpha value is -4.21. The van der Waals surface area contributed by atoms with Crippen molar-refractivity contribution in [1.82, 2.24) is 14.7 Å². The fourth-order valence-corrected chi connectivity index (χ4v) is 6.85. The van der Waals surface area contributed by atoms with Gasteiger partial charge in [-0.05, 0) is 64.8 Å². The van der Waals surface area contributed by atoms with E-state index in [1.165, 1.54) is 41.8 Å². The number of nitrogens with zero attached hydrogens (tertiary/aromatic N) is 3. The van der Waals surface area contributed by atoms with Crippen LogP contribution in [-0.4, -0.2) is 58.7 Å². The summed E-state index contributed by atoms with van der Waals surface area (Å²) in [5, 5.41) is 1.97. The summed E-state index contributed by atoms with van der Waals surface area (Å²) in [6.07, 6.45) is 3.24. The summed E-state index contributed by atoms with van der Waals surface area (Å²) in [7, 11) is 0. The smallest absolute Gasteiger partial charge is 0.338 e. The van der Waals surface area contributed by atoms with Crippen molar-refractivity contribution in [2.45, 2.75) is 64.3 Å². The molecule has 1 aliphatic rings. The van der Waals surface area contributed by atoms with E-state index in [2.05, 4.69) is 36.1 Å². The molecule has 1 aliphatic heterocycles. The molecule has 9 heteroatoms. The molecule has 2 heterocycles. The quantitative estimate of drug-likeness (QED) is 0.0987. The third-order valence-corrected chi connectivity index (χ3v) is 9.85. The Morgan fingerprint density at radius 2 is 1.53 bits per heavy atom. The predicted molar refractivity (Wildman–Crippen MR) is 191 cm³/mol. The minimum Gasteiger partial charge on any atom is -0.338 e.